The molecular weight excluding hydrogens is 203 g/mol. The molecule has 4 heteroatoms. The summed E-state index contributed by atoms with van der Waals surface area (Å²) in [6.07, 6.45) is -1.72. The zero-order valence-corrected chi connectivity index (χ0v) is 9.14. The van der Waals surface area contributed by atoms with Crippen LogP contribution >= 0.6 is 0 Å². The number of alkyl halides is 3. The lowest BCUT2D eigenvalue weighted by atomic mass is 9.44. The van der Waals surface area contributed by atoms with Crippen LogP contribution in [-0.2, 0) is 0 Å². The first-order chi connectivity index (χ1) is 6.74. The van der Waals surface area contributed by atoms with Gasteiger partial charge < -0.3 is 5.73 Å². The van der Waals surface area contributed by atoms with Crippen molar-refractivity contribution < 1.29 is 13.2 Å². The highest BCUT2D eigenvalue weighted by atomic mass is 19.4. The van der Waals surface area contributed by atoms with Gasteiger partial charge in [0, 0.05) is 0 Å². The van der Waals surface area contributed by atoms with E-state index in [4.69, 9.17) is 5.73 Å². The summed E-state index contributed by atoms with van der Waals surface area (Å²) in [5.41, 5.74) is 5.41. The molecule has 0 radical (unpaired) electrons. The first-order valence-electron chi connectivity index (χ1n) is 5.57. The lowest BCUT2D eigenvalue weighted by Crippen LogP contribution is -2.59. The second-order valence-corrected chi connectivity index (χ2v) is 5.67. The van der Waals surface area contributed by atoms with Crippen LogP contribution in [0.15, 0.2) is 0 Å². The highest BCUT2D eigenvalue weighted by Gasteiger charge is 2.58. The monoisotopic (exact) mass is 221 g/mol. The largest absolute Gasteiger partial charge is 0.403 e. The third-order valence-electron chi connectivity index (χ3n) is 4.75. The summed E-state index contributed by atoms with van der Waals surface area (Å²) < 4.78 is 37.7. The fourth-order valence-electron chi connectivity index (χ4n) is 3.54. The second kappa shape index (κ2) is 3.12. The Labute approximate surface area is 88.2 Å². The molecule has 3 rings (SSSR count). The van der Waals surface area contributed by atoms with Gasteiger partial charge in [0.1, 0.15) is 6.04 Å². The van der Waals surface area contributed by atoms with Crippen LogP contribution in [0.3, 0.4) is 0 Å². The quantitative estimate of drug-likeness (QED) is 0.723. The van der Waals surface area contributed by atoms with Gasteiger partial charge in [-0.2, -0.15) is 13.2 Å². The average Bonchev–Trinajstić information content (AvgIpc) is 2.15. The Bertz CT molecular complexity index is 255. The van der Waals surface area contributed by atoms with Crippen molar-refractivity contribution in [2.45, 2.75) is 45.3 Å². The van der Waals surface area contributed by atoms with Crippen molar-refractivity contribution in [1.82, 2.24) is 0 Å². The van der Waals surface area contributed by atoms with E-state index in [1.807, 2.05) is 0 Å². The highest BCUT2D eigenvalue weighted by Crippen LogP contribution is 2.62. The third-order valence-corrected chi connectivity index (χ3v) is 4.75. The summed E-state index contributed by atoms with van der Waals surface area (Å²) in [4.78, 5) is 0. The van der Waals surface area contributed by atoms with E-state index in [-0.39, 0.29) is 17.3 Å². The van der Waals surface area contributed by atoms with E-state index in [2.05, 4.69) is 13.8 Å². The first-order valence-corrected chi connectivity index (χ1v) is 5.57. The Hall–Kier alpha value is -0.250. The minimum Gasteiger partial charge on any atom is -0.320 e. The van der Waals surface area contributed by atoms with Crippen molar-refractivity contribution in [1.29, 1.82) is 0 Å². The van der Waals surface area contributed by atoms with Gasteiger partial charge in [-0.05, 0) is 42.4 Å². The molecular formula is C11H18F3N. The maximum Gasteiger partial charge on any atom is 0.403 e. The molecule has 0 spiro atoms. The average molecular weight is 221 g/mol. The fraction of sp³-hybridized carbons (Fsp3) is 1.00. The molecule has 3 aliphatic carbocycles. The topological polar surface area (TPSA) is 26.0 Å². The zero-order chi connectivity index (χ0) is 11.4. The van der Waals surface area contributed by atoms with Crippen LogP contribution in [0.1, 0.15) is 33.1 Å². The first kappa shape index (κ1) is 11.2. The molecule has 0 aromatic rings. The molecule has 0 aliphatic heterocycles. The maximum absolute atomic E-state index is 12.6. The molecule has 15 heavy (non-hydrogen) atoms. The Morgan fingerprint density at radius 2 is 1.87 bits per heavy atom. The Morgan fingerprint density at radius 3 is 2.27 bits per heavy atom. The van der Waals surface area contributed by atoms with E-state index >= 15 is 0 Å². The van der Waals surface area contributed by atoms with Gasteiger partial charge in [0.2, 0.25) is 0 Å². The van der Waals surface area contributed by atoms with Crippen molar-refractivity contribution in [3.63, 3.8) is 0 Å². The molecule has 0 saturated heterocycles. The molecule has 3 fully saturated rings. The summed E-state index contributed by atoms with van der Waals surface area (Å²) in [7, 11) is 0. The standard InChI is InChI=1S/C11H18F3N/c1-10(2)6-3-4-7(8(10)5-6)9(15)11(12,13)14/h6-9H,3-5,15H2,1-2H3. The van der Waals surface area contributed by atoms with Gasteiger partial charge in [0.15, 0.2) is 0 Å². The van der Waals surface area contributed by atoms with E-state index in [1.165, 1.54) is 0 Å². The van der Waals surface area contributed by atoms with Crippen molar-refractivity contribution in [3.05, 3.63) is 0 Å². The van der Waals surface area contributed by atoms with E-state index in [0.717, 1.165) is 12.8 Å². The summed E-state index contributed by atoms with van der Waals surface area (Å²) in [5.74, 6) is 0.442. The SMILES string of the molecule is CC1(C)C2CCC(C(N)C(F)(F)F)C1C2. The molecule has 2 N–H and O–H groups in total. The number of nitrogens with two attached hydrogens (primary N) is 1. The van der Waals surface area contributed by atoms with E-state index < -0.39 is 12.2 Å². The molecule has 4 unspecified atom stereocenters. The Morgan fingerprint density at radius 1 is 1.27 bits per heavy atom. The van der Waals surface area contributed by atoms with Gasteiger partial charge in [-0.25, -0.2) is 0 Å². The molecule has 88 valence electrons. The Kier molecular flexibility index (Phi) is 2.34. The molecule has 0 aromatic carbocycles. The van der Waals surface area contributed by atoms with Gasteiger partial charge in [-0.3, -0.25) is 0 Å². The van der Waals surface area contributed by atoms with Crippen LogP contribution in [0.5, 0.6) is 0 Å². The van der Waals surface area contributed by atoms with Crippen molar-refractivity contribution in [2.24, 2.45) is 28.9 Å². The summed E-state index contributed by atoms with van der Waals surface area (Å²) in [6, 6.07) is -1.62. The van der Waals surface area contributed by atoms with Crippen LogP contribution in [0.25, 0.3) is 0 Å². The normalized spacial score (nSPS) is 40.8. The number of hydrogen-bond acceptors (Lipinski definition) is 1. The van der Waals surface area contributed by atoms with Crippen molar-refractivity contribution in [3.8, 4) is 0 Å². The van der Waals surface area contributed by atoms with Gasteiger partial charge in [-0.1, -0.05) is 13.8 Å². The number of halogens is 3. The summed E-state index contributed by atoms with van der Waals surface area (Å²) in [5, 5.41) is 0. The predicted octanol–water partition coefficient (Wildman–Crippen LogP) is 2.95. The zero-order valence-electron chi connectivity index (χ0n) is 9.14. The van der Waals surface area contributed by atoms with Crippen LogP contribution in [0, 0.1) is 23.2 Å². The van der Waals surface area contributed by atoms with E-state index in [0.29, 0.717) is 12.3 Å². The second-order valence-electron chi connectivity index (χ2n) is 5.67. The molecule has 1 nitrogen and oxygen atoms in total. The number of fused-ring (bicyclic) bond motifs is 2. The Balaban J connectivity index is 2.11. The van der Waals surface area contributed by atoms with Crippen molar-refractivity contribution >= 4 is 0 Å². The van der Waals surface area contributed by atoms with E-state index in [9.17, 15) is 13.2 Å². The smallest absolute Gasteiger partial charge is 0.320 e. The molecule has 3 aliphatic rings. The molecule has 2 bridgehead atoms. The third kappa shape index (κ3) is 1.57. The maximum atomic E-state index is 12.6. The predicted molar refractivity (Wildman–Crippen MR) is 52.1 cm³/mol. The van der Waals surface area contributed by atoms with Gasteiger partial charge >= 0.3 is 6.18 Å². The highest BCUT2D eigenvalue weighted by molar-refractivity contribution is 5.06. The van der Waals surface area contributed by atoms with Crippen molar-refractivity contribution in [2.75, 3.05) is 0 Å². The van der Waals surface area contributed by atoms with Gasteiger partial charge in [0.25, 0.3) is 0 Å². The fourth-order valence-corrected chi connectivity index (χ4v) is 3.54. The number of rotatable bonds is 1. The van der Waals surface area contributed by atoms with Gasteiger partial charge in [-0.15, -0.1) is 0 Å². The van der Waals surface area contributed by atoms with E-state index in [1.54, 1.807) is 0 Å². The van der Waals surface area contributed by atoms with Crippen LogP contribution in [-0.4, -0.2) is 12.2 Å². The minimum atomic E-state index is -4.23. The van der Waals surface area contributed by atoms with Gasteiger partial charge in [0.05, 0.1) is 0 Å². The van der Waals surface area contributed by atoms with Crippen LogP contribution < -0.4 is 5.73 Å². The molecule has 3 saturated carbocycles. The lowest BCUT2D eigenvalue weighted by Gasteiger charge is -2.61. The molecule has 0 heterocycles. The van der Waals surface area contributed by atoms with Crippen LogP contribution in [0.4, 0.5) is 13.2 Å². The minimum absolute atomic E-state index is 0.0752. The van der Waals surface area contributed by atoms with Crippen LogP contribution in [0.2, 0.25) is 0 Å². The molecule has 4 atom stereocenters. The molecule has 0 aromatic heterocycles. The number of hydrogen-bond donors (Lipinski definition) is 1. The molecule has 0 amide bonds. The summed E-state index contributed by atoms with van der Waals surface area (Å²) >= 11 is 0. The lowest BCUT2D eigenvalue weighted by molar-refractivity contribution is -0.195. The summed E-state index contributed by atoms with van der Waals surface area (Å²) in [6.45, 7) is 4.17.